The highest BCUT2D eigenvalue weighted by Gasteiger charge is 2.34. The van der Waals surface area contributed by atoms with Crippen LogP contribution >= 0.6 is 15.9 Å². The number of ether oxygens (including phenoxy) is 2. The third kappa shape index (κ3) is 3.83. The summed E-state index contributed by atoms with van der Waals surface area (Å²) in [4.78, 5) is 15.2. The number of methoxy groups -OCH3 is 1. The molecular weight excluding hydrogens is 410 g/mol. The fraction of sp³-hybridized carbons (Fsp3) is 0.500. The third-order valence-corrected chi connectivity index (χ3v) is 5.55. The van der Waals surface area contributed by atoms with E-state index >= 15 is 0 Å². The molecule has 1 aliphatic rings. The van der Waals surface area contributed by atoms with E-state index < -0.39 is 0 Å². The van der Waals surface area contributed by atoms with Gasteiger partial charge in [0.15, 0.2) is 11.5 Å². The van der Waals surface area contributed by atoms with Crippen LogP contribution in [-0.4, -0.2) is 41.3 Å². The van der Waals surface area contributed by atoms with E-state index in [0.717, 1.165) is 47.2 Å². The molecule has 6 nitrogen and oxygen atoms in total. The number of aromatic amines is 1. The van der Waals surface area contributed by atoms with E-state index in [2.05, 4.69) is 26.1 Å². The number of H-pyrrole nitrogens is 1. The molecule has 146 valence electrons. The first-order valence-corrected chi connectivity index (χ1v) is 10.1. The molecule has 1 N–H and O–H groups in total. The van der Waals surface area contributed by atoms with Gasteiger partial charge < -0.3 is 14.4 Å². The van der Waals surface area contributed by atoms with Crippen molar-refractivity contribution in [3.63, 3.8) is 0 Å². The van der Waals surface area contributed by atoms with Crippen LogP contribution in [0.1, 0.15) is 59.5 Å². The number of rotatable bonds is 6. The standard InChI is InChI=1S/C20H26BrN3O3/c1-5-9-27-19-15(21)10-14(11-17(19)26-4)20(25)24-8-6-7-16(24)18-12(2)22-23-13(18)3/h10-11,16H,5-9H2,1-4H3,(H,22,23). The average Bonchev–Trinajstić information content (AvgIpc) is 3.25. The third-order valence-electron chi connectivity index (χ3n) is 4.96. The maximum absolute atomic E-state index is 13.3. The van der Waals surface area contributed by atoms with Gasteiger partial charge in [-0.25, -0.2) is 0 Å². The summed E-state index contributed by atoms with van der Waals surface area (Å²) in [5, 5.41) is 7.34. The number of halogens is 1. The van der Waals surface area contributed by atoms with Crippen molar-refractivity contribution in [1.29, 1.82) is 0 Å². The van der Waals surface area contributed by atoms with Gasteiger partial charge in [-0.05, 0) is 61.2 Å². The molecule has 0 saturated carbocycles. The summed E-state index contributed by atoms with van der Waals surface area (Å²) in [5.41, 5.74) is 3.71. The van der Waals surface area contributed by atoms with Gasteiger partial charge in [0.25, 0.3) is 5.91 Å². The second kappa shape index (κ2) is 8.33. The molecule has 0 radical (unpaired) electrons. The quantitative estimate of drug-likeness (QED) is 0.721. The number of amides is 1. The van der Waals surface area contributed by atoms with Crippen molar-refractivity contribution < 1.29 is 14.3 Å². The van der Waals surface area contributed by atoms with Gasteiger partial charge in [0.2, 0.25) is 0 Å². The van der Waals surface area contributed by atoms with Crippen LogP contribution in [0.25, 0.3) is 0 Å². The molecule has 1 saturated heterocycles. The zero-order valence-electron chi connectivity index (χ0n) is 16.3. The van der Waals surface area contributed by atoms with Crippen molar-refractivity contribution in [2.75, 3.05) is 20.3 Å². The van der Waals surface area contributed by atoms with Crippen molar-refractivity contribution in [3.05, 3.63) is 39.1 Å². The summed E-state index contributed by atoms with van der Waals surface area (Å²) in [6.07, 6.45) is 2.83. The zero-order chi connectivity index (χ0) is 19.6. The van der Waals surface area contributed by atoms with E-state index in [-0.39, 0.29) is 11.9 Å². The molecule has 1 fully saturated rings. The van der Waals surface area contributed by atoms with E-state index in [9.17, 15) is 4.79 Å². The van der Waals surface area contributed by atoms with E-state index in [1.54, 1.807) is 13.2 Å². The lowest BCUT2D eigenvalue weighted by molar-refractivity contribution is 0.0734. The van der Waals surface area contributed by atoms with Crippen molar-refractivity contribution in [1.82, 2.24) is 15.1 Å². The molecule has 0 aliphatic carbocycles. The Labute approximate surface area is 168 Å². The van der Waals surface area contributed by atoms with Gasteiger partial charge in [-0.1, -0.05) is 6.92 Å². The molecule has 1 amide bonds. The second-order valence-electron chi connectivity index (χ2n) is 6.84. The number of hydrogen-bond donors (Lipinski definition) is 1. The number of aryl methyl sites for hydroxylation is 2. The molecule has 1 aromatic heterocycles. The summed E-state index contributed by atoms with van der Waals surface area (Å²) in [5.74, 6) is 1.20. The fourth-order valence-electron chi connectivity index (χ4n) is 3.71. The van der Waals surface area contributed by atoms with E-state index in [1.165, 1.54) is 0 Å². The predicted molar refractivity (Wildman–Crippen MR) is 108 cm³/mol. The highest BCUT2D eigenvalue weighted by molar-refractivity contribution is 9.10. The van der Waals surface area contributed by atoms with Crippen LogP contribution in [0.15, 0.2) is 16.6 Å². The van der Waals surface area contributed by atoms with E-state index in [0.29, 0.717) is 23.7 Å². The van der Waals surface area contributed by atoms with Crippen LogP contribution < -0.4 is 9.47 Å². The SMILES string of the molecule is CCCOc1c(Br)cc(C(=O)N2CCCC2c2c(C)n[nH]c2C)cc1OC. The number of nitrogens with one attached hydrogen (secondary N) is 1. The van der Waals surface area contributed by atoms with E-state index in [1.807, 2.05) is 31.7 Å². The Morgan fingerprint density at radius 2 is 2.19 bits per heavy atom. The lowest BCUT2D eigenvalue weighted by Gasteiger charge is -2.26. The highest BCUT2D eigenvalue weighted by atomic mass is 79.9. The van der Waals surface area contributed by atoms with Crippen molar-refractivity contribution in [2.45, 2.75) is 46.1 Å². The van der Waals surface area contributed by atoms with Crippen LogP contribution in [0.5, 0.6) is 11.5 Å². The van der Waals surface area contributed by atoms with Gasteiger partial charge in [-0.2, -0.15) is 5.10 Å². The lowest BCUT2D eigenvalue weighted by Crippen LogP contribution is -2.31. The van der Waals surface area contributed by atoms with Crippen LogP contribution in [-0.2, 0) is 0 Å². The maximum Gasteiger partial charge on any atom is 0.254 e. The first-order chi connectivity index (χ1) is 13.0. The van der Waals surface area contributed by atoms with Crippen LogP contribution in [0.3, 0.4) is 0 Å². The molecule has 1 atom stereocenters. The van der Waals surface area contributed by atoms with Crippen molar-refractivity contribution in [2.24, 2.45) is 0 Å². The zero-order valence-corrected chi connectivity index (χ0v) is 17.9. The molecule has 1 aromatic carbocycles. The molecule has 0 bridgehead atoms. The minimum absolute atomic E-state index is 0.00135. The van der Waals surface area contributed by atoms with Crippen LogP contribution in [0, 0.1) is 13.8 Å². The molecule has 7 heteroatoms. The number of hydrogen-bond acceptors (Lipinski definition) is 4. The number of benzene rings is 1. The number of carbonyl (C=O) groups excluding carboxylic acids is 1. The van der Waals surface area contributed by atoms with Gasteiger partial charge in [-0.15, -0.1) is 0 Å². The summed E-state index contributed by atoms with van der Waals surface area (Å²) in [6.45, 7) is 7.37. The van der Waals surface area contributed by atoms with Gasteiger partial charge in [0.05, 0.1) is 29.9 Å². The molecule has 27 heavy (non-hydrogen) atoms. The summed E-state index contributed by atoms with van der Waals surface area (Å²) < 4.78 is 12.0. The fourth-order valence-corrected chi connectivity index (χ4v) is 4.27. The van der Waals surface area contributed by atoms with Gasteiger partial charge >= 0.3 is 0 Å². The summed E-state index contributed by atoms with van der Waals surface area (Å²) in [7, 11) is 1.59. The van der Waals surface area contributed by atoms with Gasteiger partial charge in [0.1, 0.15) is 0 Å². The van der Waals surface area contributed by atoms with E-state index in [4.69, 9.17) is 9.47 Å². The number of nitrogens with zero attached hydrogens (tertiary/aromatic N) is 2. The number of aromatic nitrogens is 2. The average molecular weight is 436 g/mol. The second-order valence-corrected chi connectivity index (χ2v) is 7.70. The van der Waals surface area contributed by atoms with Crippen LogP contribution in [0.4, 0.5) is 0 Å². The topological polar surface area (TPSA) is 67.5 Å². The Morgan fingerprint density at radius 1 is 1.41 bits per heavy atom. The largest absolute Gasteiger partial charge is 0.493 e. The van der Waals surface area contributed by atoms with Crippen molar-refractivity contribution >= 4 is 21.8 Å². The Kier molecular flexibility index (Phi) is 6.09. The number of likely N-dealkylation sites (tertiary alicyclic amines) is 1. The minimum Gasteiger partial charge on any atom is -0.493 e. The molecule has 2 heterocycles. The Morgan fingerprint density at radius 3 is 2.81 bits per heavy atom. The Bertz CT molecular complexity index is 815. The smallest absolute Gasteiger partial charge is 0.254 e. The monoisotopic (exact) mass is 435 g/mol. The first kappa shape index (κ1) is 19.7. The van der Waals surface area contributed by atoms with Crippen LogP contribution in [0.2, 0.25) is 0 Å². The molecule has 0 spiro atoms. The summed E-state index contributed by atoms with van der Waals surface area (Å²) in [6, 6.07) is 3.64. The Balaban J connectivity index is 1.92. The lowest BCUT2D eigenvalue weighted by atomic mass is 10.0. The number of carbonyl (C=O) groups is 1. The first-order valence-electron chi connectivity index (χ1n) is 9.30. The summed E-state index contributed by atoms with van der Waals surface area (Å²) >= 11 is 3.53. The van der Waals surface area contributed by atoms with Gasteiger partial charge in [-0.3, -0.25) is 9.89 Å². The molecule has 1 aliphatic heterocycles. The molecular formula is C20H26BrN3O3. The molecule has 1 unspecified atom stereocenters. The predicted octanol–water partition coefficient (Wildman–Crippen LogP) is 4.56. The highest BCUT2D eigenvalue weighted by Crippen LogP contribution is 2.40. The minimum atomic E-state index is -0.00135. The normalized spacial score (nSPS) is 16.6. The molecule has 2 aromatic rings. The Hall–Kier alpha value is -2.02. The maximum atomic E-state index is 13.3. The van der Waals surface area contributed by atoms with Gasteiger partial charge in [0, 0.05) is 23.4 Å². The van der Waals surface area contributed by atoms with Crippen molar-refractivity contribution in [3.8, 4) is 11.5 Å². The molecule has 3 rings (SSSR count).